The van der Waals surface area contributed by atoms with Crippen molar-refractivity contribution in [1.82, 2.24) is 0 Å². The zero-order chi connectivity index (χ0) is 9.78. The molecule has 0 N–H and O–H groups in total. The summed E-state index contributed by atoms with van der Waals surface area (Å²) in [6, 6.07) is 0. The van der Waals surface area contributed by atoms with Crippen molar-refractivity contribution < 1.29 is 8.42 Å². The van der Waals surface area contributed by atoms with Crippen molar-refractivity contribution in [3.8, 4) is 0 Å². The lowest BCUT2D eigenvalue weighted by molar-refractivity contribution is 0.156. The Morgan fingerprint density at radius 1 is 1.17 bits per heavy atom. The highest BCUT2D eigenvalue weighted by Gasteiger charge is 2.54. The summed E-state index contributed by atoms with van der Waals surface area (Å²) in [6.07, 6.45) is 0. The Balaban J connectivity index is 3.23. The van der Waals surface area contributed by atoms with E-state index in [0.29, 0.717) is 5.75 Å². The molecule has 0 aliphatic carbocycles. The molecule has 2 nitrogen and oxygen atoms in total. The largest absolute Gasteiger partial charge is 0.229 e. The van der Waals surface area contributed by atoms with Crippen LogP contribution in [0.3, 0.4) is 0 Å². The second-order valence-corrected chi connectivity index (χ2v) is 7.38. The van der Waals surface area contributed by atoms with E-state index < -0.39 is 9.84 Å². The molecule has 12 heavy (non-hydrogen) atoms. The van der Waals surface area contributed by atoms with Crippen LogP contribution in [0.4, 0.5) is 0 Å². The highest BCUT2D eigenvalue weighted by Crippen LogP contribution is 2.50. The van der Waals surface area contributed by atoms with E-state index in [2.05, 4.69) is 0 Å². The summed E-state index contributed by atoms with van der Waals surface area (Å²) in [5, 5.41) is -0.208. The van der Waals surface area contributed by atoms with Gasteiger partial charge < -0.3 is 0 Å². The van der Waals surface area contributed by atoms with Crippen LogP contribution >= 0.6 is 0 Å². The molecule has 1 heterocycles. The van der Waals surface area contributed by atoms with Crippen molar-refractivity contribution in [2.45, 2.75) is 39.9 Å². The average molecular weight is 190 g/mol. The number of hydrogen-bond donors (Lipinski definition) is 0. The molecule has 0 saturated carbocycles. The van der Waals surface area contributed by atoms with Crippen LogP contribution in [0.25, 0.3) is 0 Å². The highest BCUT2D eigenvalue weighted by atomic mass is 32.2. The maximum absolute atomic E-state index is 11.6. The Morgan fingerprint density at radius 2 is 1.58 bits per heavy atom. The van der Waals surface area contributed by atoms with Crippen molar-refractivity contribution in [1.29, 1.82) is 0 Å². The lowest BCUT2D eigenvalue weighted by Gasteiger charge is -2.35. The van der Waals surface area contributed by atoms with Crippen LogP contribution in [-0.2, 0) is 9.84 Å². The van der Waals surface area contributed by atoms with Crippen LogP contribution in [-0.4, -0.2) is 19.4 Å². The van der Waals surface area contributed by atoms with Crippen LogP contribution in [0.2, 0.25) is 0 Å². The molecule has 1 aliphatic rings. The maximum atomic E-state index is 11.6. The van der Waals surface area contributed by atoms with Gasteiger partial charge in [0.25, 0.3) is 0 Å². The summed E-state index contributed by atoms with van der Waals surface area (Å²) in [7, 11) is -2.84. The first kappa shape index (κ1) is 10.0. The van der Waals surface area contributed by atoms with Gasteiger partial charge in [-0.25, -0.2) is 8.42 Å². The van der Waals surface area contributed by atoms with Gasteiger partial charge >= 0.3 is 0 Å². The van der Waals surface area contributed by atoms with Crippen LogP contribution in [0.1, 0.15) is 34.6 Å². The van der Waals surface area contributed by atoms with Gasteiger partial charge in [-0.2, -0.15) is 0 Å². The molecule has 0 aromatic carbocycles. The smallest absolute Gasteiger partial charge is 0.153 e. The van der Waals surface area contributed by atoms with E-state index in [1.165, 1.54) is 0 Å². The van der Waals surface area contributed by atoms with E-state index >= 15 is 0 Å². The molecule has 1 atom stereocenters. The second-order valence-electron chi connectivity index (χ2n) is 5.05. The van der Waals surface area contributed by atoms with Gasteiger partial charge in [-0.15, -0.1) is 0 Å². The first-order chi connectivity index (χ1) is 5.11. The summed E-state index contributed by atoms with van der Waals surface area (Å²) in [5.74, 6) is 0.328. The predicted molar refractivity (Wildman–Crippen MR) is 50.8 cm³/mol. The topological polar surface area (TPSA) is 34.1 Å². The molecule has 1 unspecified atom stereocenters. The fraction of sp³-hybridized carbons (Fsp3) is 1.00. The quantitative estimate of drug-likeness (QED) is 0.584. The Bertz CT molecular complexity index is 286. The third-order valence-corrected chi connectivity index (χ3v) is 6.65. The zero-order valence-corrected chi connectivity index (χ0v) is 9.33. The molecule has 1 aliphatic heterocycles. The van der Waals surface area contributed by atoms with Gasteiger partial charge in [0, 0.05) is 0 Å². The Kier molecular flexibility index (Phi) is 1.88. The summed E-state index contributed by atoms with van der Waals surface area (Å²) in [4.78, 5) is 0. The normalized spacial score (nSPS) is 36.6. The van der Waals surface area contributed by atoms with Crippen molar-refractivity contribution in [2.75, 3.05) is 5.75 Å². The number of sulfone groups is 1. The molecule has 1 saturated heterocycles. The SMILES string of the molecule is CC1C(C)(C)C(C)(C)CS1(=O)=O. The van der Waals surface area contributed by atoms with E-state index in [1.807, 2.05) is 34.6 Å². The van der Waals surface area contributed by atoms with Crippen molar-refractivity contribution in [3.63, 3.8) is 0 Å². The Labute approximate surface area is 75.3 Å². The fourth-order valence-corrected chi connectivity index (χ4v) is 4.66. The van der Waals surface area contributed by atoms with E-state index in [-0.39, 0.29) is 16.1 Å². The maximum Gasteiger partial charge on any atom is 0.153 e. The molecule has 0 bridgehead atoms. The summed E-state index contributed by atoms with van der Waals surface area (Å²) in [5.41, 5.74) is -0.197. The van der Waals surface area contributed by atoms with Crippen molar-refractivity contribution in [2.24, 2.45) is 10.8 Å². The molecular formula is C9H18O2S. The fourth-order valence-electron chi connectivity index (χ4n) is 1.81. The first-order valence-electron chi connectivity index (χ1n) is 4.33. The van der Waals surface area contributed by atoms with Gasteiger partial charge in [0.15, 0.2) is 9.84 Å². The van der Waals surface area contributed by atoms with Gasteiger partial charge in [0.2, 0.25) is 0 Å². The van der Waals surface area contributed by atoms with E-state index in [0.717, 1.165) is 0 Å². The molecule has 0 aromatic rings. The van der Waals surface area contributed by atoms with Gasteiger partial charge in [0.05, 0.1) is 11.0 Å². The molecule has 0 radical (unpaired) electrons. The highest BCUT2D eigenvalue weighted by molar-refractivity contribution is 7.92. The molecule has 1 rings (SSSR count). The lowest BCUT2D eigenvalue weighted by Crippen LogP contribution is -2.34. The number of rotatable bonds is 0. The van der Waals surface area contributed by atoms with Crippen molar-refractivity contribution >= 4 is 9.84 Å². The lowest BCUT2D eigenvalue weighted by atomic mass is 9.68. The monoisotopic (exact) mass is 190 g/mol. The van der Waals surface area contributed by atoms with Gasteiger partial charge in [-0.05, 0) is 17.8 Å². The molecule has 0 spiro atoms. The van der Waals surface area contributed by atoms with Crippen LogP contribution in [0.15, 0.2) is 0 Å². The van der Waals surface area contributed by atoms with E-state index in [4.69, 9.17) is 0 Å². The minimum atomic E-state index is -2.84. The molecule has 0 aromatic heterocycles. The second kappa shape index (κ2) is 2.25. The minimum Gasteiger partial charge on any atom is -0.229 e. The summed E-state index contributed by atoms with van der Waals surface area (Å²) >= 11 is 0. The van der Waals surface area contributed by atoms with Crippen molar-refractivity contribution in [3.05, 3.63) is 0 Å². The Hall–Kier alpha value is -0.0500. The molecule has 3 heteroatoms. The summed E-state index contributed by atoms with van der Waals surface area (Å²) in [6.45, 7) is 9.98. The summed E-state index contributed by atoms with van der Waals surface area (Å²) < 4.78 is 23.2. The van der Waals surface area contributed by atoms with Crippen LogP contribution in [0, 0.1) is 10.8 Å². The van der Waals surface area contributed by atoms with E-state index in [1.54, 1.807) is 0 Å². The molecule has 72 valence electrons. The first-order valence-corrected chi connectivity index (χ1v) is 6.04. The number of hydrogen-bond acceptors (Lipinski definition) is 2. The standard InChI is InChI=1S/C9H18O2S/c1-7-9(4,5)8(2,3)6-12(7,10)11/h7H,6H2,1-5H3. The van der Waals surface area contributed by atoms with Crippen LogP contribution < -0.4 is 0 Å². The average Bonchev–Trinajstić information content (AvgIpc) is 1.90. The van der Waals surface area contributed by atoms with Gasteiger partial charge in [0.1, 0.15) is 0 Å². The molecular weight excluding hydrogens is 172 g/mol. The molecule has 0 amide bonds. The van der Waals surface area contributed by atoms with Gasteiger partial charge in [-0.3, -0.25) is 0 Å². The predicted octanol–water partition coefficient (Wildman–Crippen LogP) is 1.86. The van der Waals surface area contributed by atoms with Gasteiger partial charge in [-0.1, -0.05) is 27.7 Å². The zero-order valence-electron chi connectivity index (χ0n) is 8.51. The minimum absolute atomic E-state index is 0.0920. The third-order valence-electron chi connectivity index (χ3n) is 3.86. The van der Waals surface area contributed by atoms with Crippen LogP contribution in [0.5, 0.6) is 0 Å². The molecule has 1 fully saturated rings. The Morgan fingerprint density at radius 3 is 1.67 bits per heavy atom. The third kappa shape index (κ3) is 1.10. The van der Waals surface area contributed by atoms with E-state index in [9.17, 15) is 8.42 Å².